The minimum Gasteiger partial charge on any atom is -0.462 e. The molecule has 0 aromatic rings. The van der Waals surface area contributed by atoms with Crippen LogP contribution in [-0.2, 0) is 28.6 Å². The largest absolute Gasteiger partial charge is 0.462 e. The van der Waals surface area contributed by atoms with Crippen LogP contribution in [0.5, 0.6) is 0 Å². The number of unbranched alkanes of at least 4 members (excludes halogenated alkanes) is 17. The van der Waals surface area contributed by atoms with Gasteiger partial charge in [0.25, 0.3) is 0 Å². The maximum atomic E-state index is 12.8. The van der Waals surface area contributed by atoms with Crippen LogP contribution in [0.15, 0.2) is 97.2 Å². The maximum Gasteiger partial charge on any atom is 0.309 e. The van der Waals surface area contributed by atoms with Crippen LogP contribution >= 0.6 is 0 Å². The van der Waals surface area contributed by atoms with Crippen LogP contribution in [0.25, 0.3) is 0 Å². The van der Waals surface area contributed by atoms with E-state index in [0.29, 0.717) is 12.8 Å². The third-order valence-corrected chi connectivity index (χ3v) is 10.1. The summed E-state index contributed by atoms with van der Waals surface area (Å²) >= 11 is 0. The number of carbonyl (C=O) groups excluding carboxylic acids is 3. The predicted molar refractivity (Wildman–Crippen MR) is 260 cm³/mol. The van der Waals surface area contributed by atoms with Crippen molar-refractivity contribution in [2.45, 2.75) is 219 Å². The summed E-state index contributed by atoms with van der Waals surface area (Å²) in [6, 6.07) is 0. The lowest BCUT2D eigenvalue weighted by atomic mass is 10.0. The van der Waals surface area contributed by atoms with Crippen molar-refractivity contribution in [2.75, 3.05) is 13.2 Å². The molecule has 0 aliphatic rings. The Balaban J connectivity index is 4.55. The molecule has 0 aromatic heterocycles. The third kappa shape index (κ3) is 47.2. The zero-order chi connectivity index (χ0) is 44.4. The SMILES string of the molecule is CC/C=C\C/C=C\C/C=C\C/C=C\C/C=C\CC(=O)OCC(COC(=O)CCCCC/C=C\C/C=C\C/C=C\CC)OC(=O)CCCCCCCCCCCCCCCCC. The molecule has 6 nitrogen and oxygen atoms in total. The number of hydrogen-bond donors (Lipinski definition) is 0. The number of rotatable bonds is 43. The molecule has 0 bridgehead atoms. The van der Waals surface area contributed by atoms with E-state index in [1.165, 1.54) is 77.0 Å². The molecule has 0 fully saturated rings. The van der Waals surface area contributed by atoms with Gasteiger partial charge in [0.2, 0.25) is 0 Å². The zero-order valence-electron chi connectivity index (χ0n) is 39.4. The standard InChI is InChI=1S/C55H90O6/c1-4-7-10-13-16-19-22-25-27-30-33-36-39-42-45-48-54(57)60-51-52(50-59-53(56)47-44-41-38-35-32-29-24-21-18-15-12-9-6-3)61-55(58)49-46-43-40-37-34-31-28-26-23-20-17-14-11-8-5-2/h7,9-10,12,16,18-19,21,25,27,29,32-33,36,42,45,52H,4-6,8,11,13-15,17,20,22-24,26,28,30-31,34-35,37-41,43-44,46-51H2,1-3H3/b10-7-,12-9-,19-16-,21-18-,27-25-,32-29-,36-33-,45-42-. The fourth-order valence-corrected chi connectivity index (χ4v) is 6.47. The van der Waals surface area contributed by atoms with Crippen LogP contribution in [0.1, 0.15) is 213 Å². The highest BCUT2D eigenvalue weighted by Crippen LogP contribution is 2.15. The second-order valence-corrected chi connectivity index (χ2v) is 16.0. The molecular formula is C55H90O6. The molecule has 0 saturated carbocycles. The lowest BCUT2D eigenvalue weighted by Gasteiger charge is -2.18. The van der Waals surface area contributed by atoms with Gasteiger partial charge in [-0.2, -0.15) is 0 Å². The molecule has 1 unspecified atom stereocenters. The molecule has 0 radical (unpaired) electrons. The van der Waals surface area contributed by atoms with Gasteiger partial charge in [-0.3, -0.25) is 14.4 Å². The first-order valence-electron chi connectivity index (χ1n) is 24.7. The molecule has 0 aliphatic heterocycles. The minimum atomic E-state index is -0.827. The highest BCUT2D eigenvalue weighted by Gasteiger charge is 2.19. The van der Waals surface area contributed by atoms with E-state index in [1.807, 2.05) is 6.08 Å². The van der Waals surface area contributed by atoms with E-state index in [-0.39, 0.29) is 31.6 Å². The molecule has 0 rings (SSSR count). The first-order chi connectivity index (χ1) is 30.0. The maximum absolute atomic E-state index is 12.8. The average Bonchev–Trinajstić information content (AvgIpc) is 3.26. The highest BCUT2D eigenvalue weighted by molar-refractivity contribution is 5.72. The third-order valence-electron chi connectivity index (χ3n) is 10.1. The van der Waals surface area contributed by atoms with Crippen molar-refractivity contribution in [1.82, 2.24) is 0 Å². The quantitative estimate of drug-likeness (QED) is 0.0263. The summed E-state index contributed by atoms with van der Waals surface area (Å²) in [7, 11) is 0. The first kappa shape index (κ1) is 57.3. The normalized spacial score (nSPS) is 12.9. The molecular weight excluding hydrogens is 757 g/mol. The number of allylic oxidation sites excluding steroid dienone is 15. The van der Waals surface area contributed by atoms with E-state index >= 15 is 0 Å². The van der Waals surface area contributed by atoms with Crippen LogP contribution in [0, 0.1) is 0 Å². The molecule has 346 valence electrons. The van der Waals surface area contributed by atoms with Crippen molar-refractivity contribution < 1.29 is 28.6 Å². The molecule has 0 heterocycles. The summed E-state index contributed by atoms with van der Waals surface area (Å²) in [5.41, 5.74) is 0. The Morgan fingerprint density at radius 3 is 1.15 bits per heavy atom. The van der Waals surface area contributed by atoms with Gasteiger partial charge in [-0.1, -0.05) is 214 Å². The van der Waals surface area contributed by atoms with Crippen molar-refractivity contribution in [2.24, 2.45) is 0 Å². The van der Waals surface area contributed by atoms with Crippen molar-refractivity contribution in [3.63, 3.8) is 0 Å². The van der Waals surface area contributed by atoms with Crippen LogP contribution in [0.2, 0.25) is 0 Å². The summed E-state index contributed by atoms with van der Waals surface area (Å²) in [4.78, 5) is 37.8. The van der Waals surface area contributed by atoms with Gasteiger partial charge in [0.1, 0.15) is 13.2 Å². The minimum absolute atomic E-state index is 0.121. The van der Waals surface area contributed by atoms with Crippen LogP contribution < -0.4 is 0 Å². The molecule has 0 N–H and O–H groups in total. The second-order valence-electron chi connectivity index (χ2n) is 16.0. The summed E-state index contributed by atoms with van der Waals surface area (Å²) in [5.74, 6) is -1.08. The Hall–Kier alpha value is -3.67. The Morgan fingerprint density at radius 1 is 0.361 bits per heavy atom. The van der Waals surface area contributed by atoms with E-state index in [9.17, 15) is 14.4 Å². The smallest absolute Gasteiger partial charge is 0.309 e. The van der Waals surface area contributed by atoms with Crippen LogP contribution in [0.4, 0.5) is 0 Å². The van der Waals surface area contributed by atoms with Crippen molar-refractivity contribution in [3.8, 4) is 0 Å². The van der Waals surface area contributed by atoms with E-state index in [0.717, 1.165) is 96.3 Å². The molecule has 0 aliphatic carbocycles. The Labute approximate surface area is 375 Å². The van der Waals surface area contributed by atoms with Gasteiger partial charge in [-0.25, -0.2) is 0 Å². The van der Waals surface area contributed by atoms with Crippen LogP contribution in [0.3, 0.4) is 0 Å². The molecule has 1 atom stereocenters. The molecule has 0 amide bonds. The first-order valence-corrected chi connectivity index (χ1v) is 24.7. The summed E-state index contributed by atoms with van der Waals surface area (Å²) in [6.45, 7) is 6.28. The monoisotopic (exact) mass is 847 g/mol. The summed E-state index contributed by atoms with van der Waals surface area (Å²) in [6.07, 6.45) is 64.2. The Kier molecular flexibility index (Phi) is 46.0. The average molecular weight is 847 g/mol. The van der Waals surface area contributed by atoms with E-state index in [1.54, 1.807) is 6.08 Å². The van der Waals surface area contributed by atoms with E-state index in [2.05, 4.69) is 106 Å². The van der Waals surface area contributed by atoms with Crippen molar-refractivity contribution in [3.05, 3.63) is 97.2 Å². The van der Waals surface area contributed by atoms with Gasteiger partial charge in [-0.05, 0) is 77.0 Å². The molecule has 61 heavy (non-hydrogen) atoms. The van der Waals surface area contributed by atoms with Crippen molar-refractivity contribution >= 4 is 17.9 Å². The van der Waals surface area contributed by atoms with Gasteiger partial charge in [0.15, 0.2) is 6.10 Å². The van der Waals surface area contributed by atoms with E-state index < -0.39 is 12.1 Å². The van der Waals surface area contributed by atoms with Gasteiger partial charge in [-0.15, -0.1) is 0 Å². The summed E-state index contributed by atoms with van der Waals surface area (Å²) in [5, 5.41) is 0. The number of ether oxygens (including phenoxy) is 3. The highest BCUT2D eigenvalue weighted by atomic mass is 16.6. The number of hydrogen-bond acceptors (Lipinski definition) is 6. The fourth-order valence-electron chi connectivity index (χ4n) is 6.47. The lowest BCUT2D eigenvalue weighted by Crippen LogP contribution is -2.30. The van der Waals surface area contributed by atoms with Gasteiger partial charge in [0.05, 0.1) is 6.42 Å². The molecule has 0 saturated heterocycles. The van der Waals surface area contributed by atoms with Gasteiger partial charge >= 0.3 is 17.9 Å². The Bertz CT molecular complexity index is 1250. The second kappa shape index (κ2) is 49.0. The number of esters is 3. The van der Waals surface area contributed by atoms with Gasteiger partial charge in [0, 0.05) is 12.8 Å². The fraction of sp³-hybridized carbons (Fsp3) is 0.655. The van der Waals surface area contributed by atoms with Gasteiger partial charge < -0.3 is 14.2 Å². The molecule has 0 spiro atoms. The lowest BCUT2D eigenvalue weighted by molar-refractivity contribution is -0.166. The molecule has 6 heteroatoms. The topological polar surface area (TPSA) is 78.9 Å². The van der Waals surface area contributed by atoms with E-state index in [4.69, 9.17) is 14.2 Å². The number of carbonyl (C=O) groups is 3. The summed E-state index contributed by atoms with van der Waals surface area (Å²) < 4.78 is 16.6. The van der Waals surface area contributed by atoms with Crippen molar-refractivity contribution in [1.29, 1.82) is 0 Å². The van der Waals surface area contributed by atoms with Crippen LogP contribution in [-0.4, -0.2) is 37.2 Å². The Morgan fingerprint density at radius 2 is 0.705 bits per heavy atom. The predicted octanol–water partition coefficient (Wildman–Crippen LogP) is 16.2. The molecule has 0 aromatic carbocycles. The zero-order valence-corrected chi connectivity index (χ0v) is 39.4.